The Labute approximate surface area is 188 Å². The van der Waals surface area contributed by atoms with E-state index in [0.717, 1.165) is 5.56 Å². The number of nitrogens with one attached hydrogen (secondary N) is 1. The molecule has 2 aromatic heterocycles. The number of benzene rings is 1. The van der Waals surface area contributed by atoms with Crippen LogP contribution in [0.25, 0.3) is 11.2 Å². The van der Waals surface area contributed by atoms with Crippen molar-refractivity contribution in [1.82, 2.24) is 19.5 Å². The fraction of sp³-hybridized carbons (Fsp3) is 0.429. The average molecular weight is 459 g/mol. The van der Waals surface area contributed by atoms with E-state index in [1.165, 1.54) is 29.4 Å². The van der Waals surface area contributed by atoms with Crippen molar-refractivity contribution in [1.29, 1.82) is 0 Å². The lowest BCUT2D eigenvalue weighted by Crippen LogP contribution is -2.34. The first-order valence-electron chi connectivity index (χ1n) is 10.4. The van der Waals surface area contributed by atoms with E-state index in [-0.39, 0.29) is 24.6 Å². The van der Waals surface area contributed by atoms with Crippen molar-refractivity contribution < 1.29 is 34.7 Å². The number of nitrogens with zero attached hydrogens (tertiary/aromatic N) is 4. The van der Waals surface area contributed by atoms with Crippen molar-refractivity contribution in [2.24, 2.45) is 0 Å². The number of hydrogen-bond acceptors (Lipinski definition) is 11. The monoisotopic (exact) mass is 459 g/mol. The predicted octanol–water partition coefficient (Wildman–Crippen LogP) is -0.270. The van der Waals surface area contributed by atoms with Crippen molar-refractivity contribution in [3.8, 4) is 5.75 Å². The smallest absolute Gasteiger partial charge is 0.328 e. The maximum atomic E-state index is 12.6. The number of rotatable bonds is 8. The average Bonchev–Trinajstić information content (AvgIpc) is 3.36. The summed E-state index contributed by atoms with van der Waals surface area (Å²) in [6.45, 7) is 1.45. The molecule has 0 saturated carbocycles. The number of anilines is 1. The highest BCUT2D eigenvalue weighted by molar-refractivity contribution is 5.86. The molecule has 0 aliphatic carbocycles. The van der Waals surface area contributed by atoms with Crippen LogP contribution in [0.3, 0.4) is 0 Å². The Bertz CT molecular complexity index is 1110. The summed E-state index contributed by atoms with van der Waals surface area (Å²) < 4.78 is 12.2. The molecule has 1 saturated heterocycles. The first-order chi connectivity index (χ1) is 15.9. The Morgan fingerprint density at radius 2 is 1.97 bits per heavy atom. The molecule has 5 N–H and O–H groups in total. The van der Waals surface area contributed by atoms with Crippen molar-refractivity contribution in [3.05, 3.63) is 42.5 Å². The lowest BCUT2D eigenvalue weighted by atomic mass is 10.1. The number of phenols is 1. The summed E-state index contributed by atoms with van der Waals surface area (Å²) in [5, 5.41) is 42.3. The van der Waals surface area contributed by atoms with Crippen LogP contribution in [-0.4, -0.2) is 83.5 Å². The molecule has 3 aromatic rings. The molecule has 1 aromatic carbocycles. The third kappa shape index (κ3) is 4.59. The molecule has 4 unspecified atom stereocenters. The van der Waals surface area contributed by atoms with E-state index in [1.54, 1.807) is 19.1 Å². The molecule has 176 valence electrons. The number of fused-ring (bicyclic) bond motifs is 1. The molecular formula is C21H25N5O7. The van der Waals surface area contributed by atoms with Gasteiger partial charge in [0.2, 0.25) is 0 Å². The van der Waals surface area contributed by atoms with Gasteiger partial charge in [0.05, 0.1) is 19.5 Å². The van der Waals surface area contributed by atoms with Gasteiger partial charge in [0, 0.05) is 6.42 Å². The highest BCUT2D eigenvalue weighted by Gasteiger charge is 2.44. The second-order valence-electron chi connectivity index (χ2n) is 7.59. The topological polar surface area (TPSA) is 172 Å². The number of aliphatic hydroxyl groups excluding tert-OH is 3. The Morgan fingerprint density at radius 3 is 2.64 bits per heavy atom. The fourth-order valence-corrected chi connectivity index (χ4v) is 3.72. The summed E-state index contributed by atoms with van der Waals surface area (Å²) in [6, 6.07) is 5.67. The van der Waals surface area contributed by atoms with Gasteiger partial charge in [-0.15, -0.1) is 0 Å². The Morgan fingerprint density at radius 1 is 1.21 bits per heavy atom. The van der Waals surface area contributed by atoms with Crippen LogP contribution in [0.2, 0.25) is 0 Å². The standard InChI is InChI=1S/C21H25N5O7/c1-2-32-21(31)13(7-11-3-5-12(28)6-4-11)25-18-15-19(23-9-22-18)26(10-24-15)20-17(30)16(29)14(8-27)33-20/h3-6,9-10,13-14,16-17,20,27-30H,2,7-8H2,1H3,(H,22,23,25)/t13-,14?,16?,17?,20?/m1/s1. The fourth-order valence-electron chi connectivity index (χ4n) is 3.72. The molecule has 0 radical (unpaired) electrons. The summed E-state index contributed by atoms with van der Waals surface area (Å²) in [6.07, 6.45) is -1.61. The molecule has 4 rings (SSSR count). The number of aromatic nitrogens is 4. The lowest BCUT2D eigenvalue weighted by Gasteiger charge is -2.19. The van der Waals surface area contributed by atoms with Gasteiger partial charge in [0.15, 0.2) is 23.2 Å². The summed E-state index contributed by atoms with van der Waals surface area (Å²) in [5.41, 5.74) is 1.41. The van der Waals surface area contributed by atoms with Crippen LogP contribution in [0.15, 0.2) is 36.9 Å². The van der Waals surface area contributed by atoms with Crippen LogP contribution < -0.4 is 5.32 Å². The van der Waals surface area contributed by atoms with Crippen LogP contribution in [0.1, 0.15) is 18.7 Å². The number of aromatic hydroxyl groups is 1. The van der Waals surface area contributed by atoms with Gasteiger partial charge < -0.3 is 35.2 Å². The molecule has 3 heterocycles. The van der Waals surface area contributed by atoms with Crippen LogP contribution in [-0.2, 0) is 20.7 Å². The van der Waals surface area contributed by atoms with E-state index in [1.807, 2.05) is 0 Å². The van der Waals surface area contributed by atoms with E-state index in [0.29, 0.717) is 11.2 Å². The highest BCUT2D eigenvalue weighted by atomic mass is 16.6. The molecule has 1 fully saturated rings. The number of carbonyl (C=O) groups is 1. The van der Waals surface area contributed by atoms with Gasteiger partial charge in [-0.2, -0.15) is 0 Å². The molecule has 0 amide bonds. The maximum Gasteiger partial charge on any atom is 0.328 e. The minimum atomic E-state index is -1.30. The first-order valence-corrected chi connectivity index (χ1v) is 10.4. The third-order valence-electron chi connectivity index (χ3n) is 5.41. The van der Waals surface area contributed by atoms with E-state index in [9.17, 15) is 25.2 Å². The minimum Gasteiger partial charge on any atom is -0.508 e. The molecule has 1 aliphatic heterocycles. The molecule has 5 atom stereocenters. The lowest BCUT2D eigenvalue weighted by molar-refractivity contribution is -0.144. The van der Waals surface area contributed by atoms with Crippen molar-refractivity contribution in [2.45, 2.75) is 43.9 Å². The second-order valence-corrected chi connectivity index (χ2v) is 7.59. The van der Waals surface area contributed by atoms with Gasteiger partial charge in [-0.25, -0.2) is 19.7 Å². The van der Waals surface area contributed by atoms with Gasteiger partial charge in [0.1, 0.15) is 36.4 Å². The quantitative estimate of drug-likeness (QED) is 0.281. The molecule has 0 spiro atoms. The van der Waals surface area contributed by atoms with E-state index in [2.05, 4.69) is 20.3 Å². The third-order valence-corrected chi connectivity index (χ3v) is 5.41. The van der Waals surface area contributed by atoms with E-state index in [4.69, 9.17) is 9.47 Å². The highest BCUT2D eigenvalue weighted by Crippen LogP contribution is 2.32. The summed E-state index contributed by atoms with van der Waals surface area (Å²) in [7, 11) is 0. The van der Waals surface area contributed by atoms with Gasteiger partial charge in [-0.1, -0.05) is 12.1 Å². The van der Waals surface area contributed by atoms with Crippen LogP contribution in [0.4, 0.5) is 5.82 Å². The number of ether oxygens (including phenoxy) is 2. The van der Waals surface area contributed by atoms with Crippen LogP contribution in [0.5, 0.6) is 5.75 Å². The predicted molar refractivity (Wildman–Crippen MR) is 114 cm³/mol. The zero-order valence-electron chi connectivity index (χ0n) is 17.8. The molecule has 1 aliphatic rings. The number of aliphatic hydroxyl groups is 3. The van der Waals surface area contributed by atoms with Gasteiger partial charge in [0.25, 0.3) is 0 Å². The van der Waals surface area contributed by atoms with Gasteiger partial charge in [-0.05, 0) is 24.6 Å². The number of phenolic OH excluding ortho intramolecular Hbond substituents is 1. The largest absolute Gasteiger partial charge is 0.508 e. The summed E-state index contributed by atoms with van der Waals surface area (Å²) in [5.74, 6) is -0.102. The maximum absolute atomic E-state index is 12.6. The summed E-state index contributed by atoms with van der Waals surface area (Å²) >= 11 is 0. The molecule has 33 heavy (non-hydrogen) atoms. The Balaban J connectivity index is 1.62. The van der Waals surface area contributed by atoms with E-state index >= 15 is 0 Å². The number of imidazole rings is 1. The number of carbonyl (C=O) groups excluding carboxylic acids is 1. The zero-order valence-corrected chi connectivity index (χ0v) is 17.8. The molecule has 12 nitrogen and oxygen atoms in total. The minimum absolute atomic E-state index is 0.118. The van der Waals surface area contributed by atoms with Crippen LogP contribution in [0, 0.1) is 0 Å². The Hall–Kier alpha value is -3.32. The van der Waals surface area contributed by atoms with Crippen molar-refractivity contribution in [3.63, 3.8) is 0 Å². The Kier molecular flexibility index (Phi) is 6.70. The first kappa shape index (κ1) is 22.9. The normalized spacial score (nSPS) is 23.5. The molecule has 0 bridgehead atoms. The van der Waals surface area contributed by atoms with Crippen LogP contribution >= 0.6 is 0 Å². The van der Waals surface area contributed by atoms with E-state index < -0.39 is 43.2 Å². The molecule has 12 heteroatoms. The second kappa shape index (κ2) is 9.67. The van der Waals surface area contributed by atoms with Crippen molar-refractivity contribution >= 4 is 23.0 Å². The number of esters is 1. The van der Waals surface area contributed by atoms with Gasteiger partial charge in [-0.3, -0.25) is 4.57 Å². The number of hydrogen-bond donors (Lipinski definition) is 5. The van der Waals surface area contributed by atoms with Crippen molar-refractivity contribution in [2.75, 3.05) is 18.5 Å². The SMILES string of the molecule is CCOC(=O)[C@@H](Cc1ccc(O)cc1)Nc1ncnc2c1ncn2C1OC(CO)C(O)C1O. The summed E-state index contributed by atoms with van der Waals surface area (Å²) in [4.78, 5) is 25.3. The van der Waals surface area contributed by atoms with Gasteiger partial charge >= 0.3 is 5.97 Å². The zero-order chi connectivity index (χ0) is 23.5. The molecular weight excluding hydrogens is 434 g/mol.